The maximum absolute atomic E-state index is 12.6. The molecule has 2 rings (SSSR count). The van der Waals surface area contributed by atoms with Crippen LogP contribution < -0.4 is 5.32 Å². The Labute approximate surface area is 111 Å². The molecule has 20 heavy (non-hydrogen) atoms. The number of alkyl halides is 3. The van der Waals surface area contributed by atoms with Crippen molar-refractivity contribution in [3.05, 3.63) is 0 Å². The lowest BCUT2D eigenvalue weighted by Crippen LogP contribution is -2.51. The number of imide groups is 1. The van der Waals surface area contributed by atoms with Crippen LogP contribution in [0.15, 0.2) is 0 Å². The zero-order valence-corrected chi connectivity index (χ0v) is 10.4. The molecule has 0 radical (unpaired) electrons. The Hall–Kier alpha value is -1.80. The highest BCUT2D eigenvalue weighted by atomic mass is 19.4. The summed E-state index contributed by atoms with van der Waals surface area (Å²) in [6, 6.07) is -0.858. The second kappa shape index (κ2) is 4.64. The van der Waals surface area contributed by atoms with E-state index >= 15 is 0 Å². The van der Waals surface area contributed by atoms with E-state index in [2.05, 4.69) is 5.32 Å². The van der Waals surface area contributed by atoms with Crippen molar-refractivity contribution < 1.29 is 32.7 Å². The maximum Gasteiger partial charge on any atom is 0.391 e. The number of carbonyl (C=O) groups is 3. The number of amides is 3. The van der Waals surface area contributed by atoms with Gasteiger partial charge >= 0.3 is 18.2 Å². The molecule has 6 nitrogen and oxygen atoms in total. The van der Waals surface area contributed by atoms with Gasteiger partial charge < -0.3 is 10.4 Å². The van der Waals surface area contributed by atoms with Crippen LogP contribution in [0.2, 0.25) is 0 Å². The third-order valence-electron chi connectivity index (χ3n) is 3.84. The van der Waals surface area contributed by atoms with Crippen LogP contribution in [0.4, 0.5) is 18.0 Å². The molecule has 1 aliphatic heterocycles. The quantitative estimate of drug-likeness (QED) is 0.747. The van der Waals surface area contributed by atoms with Gasteiger partial charge in [0, 0.05) is 0 Å². The minimum atomic E-state index is -4.31. The van der Waals surface area contributed by atoms with Crippen LogP contribution in [0.5, 0.6) is 0 Å². The molecule has 3 amide bonds. The Kier molecular flexibility index (Phi) is 3.39. The smallest absolute Gasteiger partial charge is 0.391 e. The van der Waals surface area contributed by atoms with E-state index in [0.717, 1.165) is 0 Å². The Morgan fingerprint density at radius 3 is 2.35 bits per heavy atom. The molecule has 112 valence electrons. The topological polar surface area (TPSA) is 86.7 Å². The first-order valence-corrected chi connectivity index (χ1v) is 6.08. The highest BCUT2D eigenvalue weighted by molar-refractivity contribution is 6.08. The minimum Gasteiger partial charge on any atom is -0.480 e. The molecule has 2 N–H and O–H groups in total. The van der Waals surface area contributed by atoms with Gasteiger partial charge in [0.05, 0.1) is 5.92 Å². The van der Waals surface area contributed by atoms with Crippen LogP contribution in [0.3, 0.4) is 0 Å². The molecule has 0 aromatic heterocycles. The Morgan fingerprint density at radius 2 is 1.90 bits per heavy atom. The Bertz CT molecular complexity index is 455. The summed E-state index contributed by atoms with van der Waals surface area (Å²) in [6.45, 7) is -0.783. The number of rotatable bonds is 2. The third-order valence-corrected chi connectivity index (χ3v) is 3.84. The van der Waals surface area contributed by atoms with E-state index in [4.69, 9.17) is 5.11 Å². The van der Waals surface area contributed by atoms with Gasteiger partial charge in [0.25, 0.3) is 5.91 Å². The summed E-state index contributed by atoms with van der Waals surface area (Å²) in [4.78, 5) is 34.8. The van der Waals surface area contributed by atoms with Crippen LogP contribution in [0, 0.1) is 5.92 Å². The third kappa shape index (κ3) is 2.44. The van der Waals surface area contributed by atoms with Crippen molar-refractivity contribution in [1.29, 1.82) is 0 Å². The van der Waals surface area contributed by atoms with E-state index in [1.807, 2.05) is 0 Å². The molecule has 1 heterocycles. The number of hydrogen-bond acceptors (Lipinski definition) is 3. The average Bonchev–Trinajstić information content (AvgIpc) is 2.53. The first-order chi connectivity index (χ1) is 9.16. The summed E-state index contributed by atoms with van der Waals surface area (Å²) in [6.07, 6.45) is -5.07. The van der Waals surface area contributed by atoms with Gasteiger partial charge in [-0.05, 0) is 25.7 Å². The lowest BCUT2D eigenvalue weighted by Gasteiger charge is -2.35. The van der Waals surface area contributed by atoms with Crippen LogP contribution in [-0.2, 0) is 9.59 Å². The maximum atomic E-state index is 12.6. The van der Waals surface area contributed by atoms with Gasteiger partial charge in [-0.1, -0.05) is 0 Å². The number of carboxylic acids is 1. The number of nitrogens with one attached hydrogen (secondary N) is 1. The highest BCUT2D eigenvalue weighted by Gasteiger charge is 2.55. The first kappa shape index (κ1) is 14.6. The zero-order chi connectivity index (χ0) is 15.1. The highest BCUT2D eigenvalue weighted by Crippen LogP contribution is 2.43. The first-order valence-electron chi connectivity index (χ1n) is 6.08. The molecule has 2 fully saturated rings. The fourth-order valence-electron chi connectivity index (χ4n) is 2.73. The number of aliphatic carboxylic acids is 1. The van der Waals surface area contributed by atoms with Crippen molar-refractivity contribution in [1.82, 2.24) is 10.2 Å². The lowest BCUT2D eigenvalue weighted by molar-refractivity contribution is -0.185. The number of halogens is 3. The minimum absolute atomic E-state index is 0.127. The van der Waals surface area contributed by atoms with Crippen molar-refractivity contribution in [2.75, 3.05) is 6.54 Å². The van der Waals surface area contributed by atoms with Gasteiger partial charge in [-0.3, -0.25) is 14.5 Å². The molecule has 9 heteroatoms. The summed E-state index contributed by atoms with van der Waals surface area (Å²) in [5, 5.41) is 11.0. The van der Waals surface area contributed by atoms with Gasteiger partial charge in [-0.15, -0.1) is 0 Å². The molecule has 1 aliphatic carbocycles. The second-order valence-electron chi connectivity index (χ2n) is 5.11. The van der Waals surface area contributed by atoms with Crippen molar-refractivity contribution in [3.8, 4) is 0 Å². The molecule has 0 atom stereocenters. The van der Waals surface area contributed by atoms with Crippen LogP contribution in [0.25, 0.3) is 0 Å². The van der Waals surface area contributed by atoms with Gasteiger partial charge in [-0.25, -0.2) is 4.79 Å². The summed E-state index contributed by atoms with van der Waals surface area (Å²) >= 11 is 0. The van der Waals surface area contributed by atoms with Gasteiger partial charge in [0.2, 0.25) is 0 Å². The molecule has 2 aliphatic rings. The summed E-state index contributed by atoms with van der Waals surface area (Å²) in [5.41, 5.74) is -1.37. The fraction of sp³-hybridized carbons (Fsp3) is 0.727. The molecular weight excluding hydrogens is 281 g/mol. The molecule has 1 saturated heterocycles. The SMILES string of the molecule is O=C(O)CN1C(=O)NC2(CCC(C(F)(F)F)CC2)C1=O. The van der Waals surface area contributed by atoms with E-state index in [9.17, 15) is 27.6 Å². The number of carbonyl (C=O) groups excluding carboxylic acids is 2. The predicted octanol–water partition coefficient (Wildman–Crippen LogP) is 1.11. The number of hydrogen-bond donors (Lipinski definition) is 2. The molecule has 1 spiro atoms. The van der Waals surface area contributed by atoms with E-state index < -0.39 is 42.1 Å². The van der Waals surface area contributed by atoms with Crippen LogP contribution in [-0.4, -0.2) is 46.2 Å². The van der Waals surface area contributed by atoms with Crippen molar-refractivity contribution in [3.63, 3.8) is 0 Å². The monoisotopic (exact) mass is 294 g/mol. The van der Waals surface area contributed by atoms with E-state index in [1.54, 1.807) is 0 Å². The number of carboxylic acid groups (broad SMARTS) is 1. The van der Waals surface area contributed by atoms with Crippen LogP contribution >= 0.6 is 0 Å². The van der Waals surface area contributed by atoms with E-state index in [-0.39, 0.29) is 25.7 Å². The van der Waals surface area contributed by atoms with Crippen molar-refractivity contribution in [2.45, 2.75) is 37.4 Å². The summed E-state index contributed by atoms with van der Waals surface area (Å²) < 4.78 is 37.7. The Balaban J connectivity index is 2.09. The van der Waals surface area contributed by atoms with Crippen molar-refractivity contribution >= 4 is 17.9 Å². The molecule has 0 bridgehead atoms. The second-order valence-corrected chi connectivity index (χ2v) is 5.11. The molecule has 0 aromatic carbocycles. The van der Waals surface area contributed by atoms with Gasteiger partial charge in [0.15, 0.2) is 0 Å². The molecule has 0 unspecified atom stereocenters. The van der Waals surface area contributed by atoms with Crippen molar-refractivity contribution in [2.24, 2.45) is 5.92 Å². The fourth-order valence-corrected chi connectivity index (χ4v) is 2.73. The standard InChI is InChI=1S/C11H13F3N2O4/c12-11(13,14)6-1-3-10(4-2-6)8(19)16(5-7(17)18)9(20)15-10/h6H,1-5H2,(H,15,20)(H,17,18). The van der Waals surface area contributed by atoms with E-state index in [0.29, 0.717) is 4.90 Å². The van der Waals surface area contributed by atoms with Gasteiger partial charge in [0.1, 0.15) is 12.1 Å². The normalized spacial score (nSPS) is 30.8. The predicted molar refractivity (Wildman–Crippen MR) is 58.6 cm³/mol. The molecule has 0 aromatic rings. The average molecular weight is 294 g/mol. The number of urea groups is 1. The largest absolute Gasteiger partial charge is 0.480 e. The summed E-state index contributed by atoms with van der Waals surface area (Å²) in [5.74, 6) is -3.58. The molecule has 1 saturated carbocycles. The van der Waals surface area contributed by atoms with E-state index in [1.165, 1.54) is 0 Å². The Morgan fingerprint density at radius 1 is 1.35 bits per heavy atom. The number of nitrogens with zero attached hydrogens (tertiary/aromatic N) is 1. The molecular formula is C11H13F3N2O4. The zero-order valence-electron chi connectivity index (χ0n) is 10.4. The van der Waals surface area contributed by atoms with Gasteiger partial charge in [-0.2, -0.15) is 13.2 Å². The van der Waals surface area contributed by atoms with Crippen LogP contribution in [0.1, 0.15) is 25.7 Å². The lowest BCUT2D eigenvalue weighted by atomic mass is 9.76. The summed E-state index contributed by atoms with van der Waals surface area (Å²) in [7, 11) is 0.